The third kappa shape index (κ3) is 9.88. The van der Waals surface area contributed by atoms with Crippen LogP contribution in [0.1, 0.15) is 18.1 Å². The van der Waals surface area contributed by atoms with Gasteiger partial charge in [0.05, 0.1) is 18.1 Å². The Hall–Kier alpha value is -1.69. The highest BCUT2D eigenvalue weighted by molar-refractivity contribution is 14.0. The summed E-state index contributed by atoms with van der Waals surface area (Å²) in [5.74, 6) is 1.06. The van der Waals surface area contributed by atoms with Gasteiger partial charge in [-0.1, -0.05) is 49.4 Å². The van der Waals surface area contributed by atoms with Crippen molar-refractivity contribution in [1.82, 2.24) is 10.6 Å². The van der Waals surface area contributed by atoms with Gasteiger partial charge >= 0.3 is 0 Å². The fourth-order valence-electron chi connectivity index (χ4n) is 2.67. The van der Waals surface area contributed by atoms with Crippen molar-refractivity contribution in [2.45, 2.75) is 24.8 Å². The van der Waals surface area contributed by atoms with Crippen molar-refractivity contribution >= 4 is 40.0 Å². The Balaban J connectivity index is 0.00000450. The van der Waals surface area contributed by atoms with E-state index in [-0.39, 0.29) is 28.9 Å². The highest BCUT2D eigenvalue weighted by atomic mass is 127. The average Bonchev–Trinajstić information content (AvgIpc) is 2.71. The third-order valence-corrected chi connectivity index (χ3v) is 5.24. The summed E-state index contributed by atoms with van der Waals surface area (Å²) in [5.41, 5.74) is 2.19. The van der Waals surface area contributed by atoms with Crippen molar-refractivity contribution in [3.8, 4) is 0 Å². The number of ether oxygens (including phenoxy) is 1. The van der Waals surface area contributed by atoms with Gasteiger partial charge in [-0.3, -0.25) is 4.99 Å². The Bertz CT molecular complexity index is 875. The van der Waals surface area contributed by atoms with Crippen LogP contribution >= 0.6 is 24.0 Å². The van der Waals surface area contributed by atoms with Crippen LogP contribution in [0.2, 0.25) is 0 Å². The van der Waals surface area contributed by atoms with Crippen LogP contribution in [-0.4, -0.2) is 41.1 Å². The van der Waals surface area contributed by atoms with Gasteiger partial charge in [0.25, 0.3) is 0 Å². The number of nitrogens with two attached hydrogens (primary N) is 1. The number of halogens is 1. The lowest BCUT2D eigenvalue weighted by atomic mass is 10.1. The van der Waals surface area contributed by atoms with Crippen LogP contribution in [-0.2, 0) is 27.8 Å². The normalized spacial score (nSPS) is 12.7. The van der Waals surface area contributed by atoms with Gasteiger partial charge in [-0.25, -0.2) is 13.6 Å². The minimum atomic E-state index is -3.65. The Kier molecular flexibility index (Phi) is 11.9. The maximum atomic E-state index is 11.3. The van der Waals surface area contributed by atoms with E-state index in [1.165, 1.54) is 17.7 Å². The molecule has 0 aliphatic heterocycles. The Morgan fingerprint density at radius 3 is 2.33 bits per heavy atom. The van der Waals surface area contributed by atoms with Gasteiger partial charge in [0, 0.05) is 20.1 Å². The van der Waals surface area contributed by atoms with Gasteiger partial charge < -0.3 is 15.4 Å². The molecule has 4 N–H and O–H groups in total. The maximum absolute atomic E-state index is 11.3. The smallest absolute Gasteiger partial charge is 0.238 e. The second-order valence-electron chi connectivity index (χ2n) is 6.92. The summed E-state index contributed by atoms with van der Waals surface area (Å²) in [6.45, 7) is 4.82. The highest BCUT2D eigenvalue weighted by Crippen LogP contribution is 2.09. The molecule has 9 heteroatoms. The van der Waals surface area contributed by atoms with Crippen molar-refractivity contribution in [1.29, 1.82) is 0 Å². The molecular formula is C21H31IN4O3S. The minimum Gasteiger partial charge on any atom is -0.376 e. The van der Waals surface area contributed by atoms with Gasteiger partial charge in [-0.2, -0.15) is 0 Å². The first-order valence-electron chi connectivity index (χ1n) is 9.56. The van der Waals surface area contributed by atoms with Crippen LogP contribution in [0, 0.1) is 5.92 Å². The number of nitrogens with one attached hydrogen (secondary N) is 2. The quantitative estimate of drug-likeness (QED) is 0.241. The van der Waals surface area contributed by atoms with Crippen molar-refractivity contribution in [2.75, 3.05) is 26.7 Å². The zero-order valence-electron chi connectivity index (χ0n) is 17.4. The first-order valence-corrected chi connectivity index (χ1v) is 11.1. The molecular weight excluding hydrogens is 515 g/mol. The standard InChI is InChI=1S/C21H30N4O3S.HI/c1-17(15-28-16-19-6-4-3-5-7-19)14-25-21(23-2)24-13-12-18-8-10-20(11-9-18)29(22,26)27;/h3-11,17H,12-16H2,1-2H3,(H2,22,26,27)(H2,23,24,25);1H. The van der Waals surface area contributed by atoms with Crippen LogP contribution in [0.5, 0.6) is 0 Å². The summed E-state index contributed by atoms with van der Waals surface area (Å²) < 4.78 is 28.3. The predicted octanol–water partition coefficient (Wildman–Crippen LogP) is 2.51. The lowest BCUT2D eigenvalue weighted by Crippen LogP contribution is -2.40. The largest absolute Gasteiger partial charge is 0.376 e. The van der Waals surface area contributed by atoms with Crippen LogP contribution < -0.4 is 15.8 Å². The molecule has 1 atom stereocenters. The first-order chi connectivity index (χ1) is 13.9. The monoisotopic (exact) mass is 546 g/mol. The molecule has 0 fully saturated rings. The molecule has 0 radical (unpaired) electrons. The van der Waals surface area contributed by atoms with E-state index >= 15 is 0 Å². The molecule has 30 heavy (non-hydrogen) atoms. The molecule has 2 aromatic rings. The summed E-state index contributed by atoms with van der Waals surface area (Å²) in [6.07, 6.45) is 0.737. The zero-order chi connectivity index (χ0) is 21.1. The third-order valence-electron chi connectivity index (χ3n) is 4.31. The molecule has 0 amide bonds. The van der Waals surface area contributed by atoms with Crippen molar-refractivity contribution < 1.29 is 13.2 Å². The molecule has 0 saturated carbocycles. The van der Waals surface area contributed by atoms with E-state index in [2.05, 4.69) is 34.7 Å². The van der Waals surface area contributed by atoms with Gasteiger partial charge in [0.15, 0.2) is 5.96 Å². The fourth-order valence-corrected chi connectivity index (χ4v) is 3.19. The molecule has 1 unspecified atom stereocenters. The number of rotatable bonds is 10. The molecule has 0 saturated heterocycles. The van der Waals surface area contributed by atoms with E-state index in [9.17, 15) is 8.42 Å². The van der Waals surface area contributed by atoms with Gasteiger partial charge in [-0.05, 0) is 35.6 Å². The number of nitrogens with zero attached hydrogens (tertiary/aromatic N) is 1. The van der Waals surface area contributed by atoms with Crippen molar-refractivity contribution in [2.24, 2.45) is 16.0 Å². The number of aliphatic imine (C=N–C) groups is 1. The van der Waals surface area contributed by atoms with Gasteiger partial charge in [-0.15, -0.1) is 24.0 Å². The minimum absolute atomic E-state index is 0. The Morgan fingerprint density at radius 1 is 1.07 bits per heavy atom. The summed E-state index contributed by atoms with van der Waals surface area (Å²) in [4.78, 5) is 4.34. The van der Waals surface area contributed by atoms with Crippen LogP contribution in [0.15, 0.2) is 64.5 Å². The second-order valence-corrected chi connectivity index (χ2v) is 8.49. The van der Waals surface area contributed by atoms with E-state index in [0.29, 0.717) is 25.7 Å². The predicted molar refractivity (Wildman–Crippen MR) is 132 cm³/mol. The number of hydrogen-bond acceptors (Lipinski definition) is 4. The molecule has 7 nitrogen and oxygen atoms in total. The van der Waals surface area contributed by atoms with E-state index in [1.807, 2.05) is 18.2 Å². The van der Waals surface area contributed by atoms with E-state index in [1.54, 1.807) is 19.2 Å². The van der Waals surface area contributed by atoms with Gasteiger partial charge in [0.2, 0.25) is 10.0 Å². The molecule has 0 aromatic heterocycles. The average molecular weight is 546 g/mol. The van der Waals surface area contributed by atoms with Crippen LogP contribution in [0.25, 0.3) is 0 Å². The first kappa shape index (κ1) is 26.3. The lowest BCUT2D eigenvalue weighted by molar-refractivity contribution is 0.0931. The van der Waals surface area contributed by atoms with E-state index < -0.39 is 10.0 Å². The van der Waals surface area contributed by atoms with Gasteiger partial charge in [0.1, 0.15) is 0 Å². The molecule has 0 bridgehead atoms. The summed E-state index contributed by atoms with van der Waals surface area (Å²) >= 11 is 0. The molecule has 2 aromatic carbocycles. The van der Waals surface area contributed by atoms with Crippen molar-refractivity contribution in [3.05, 3.63) is 65.7 Å². The van der Waals surface area contributed by atoms with E-state index in [4.69, 9.17) is 9.88 Å². The Labute approximate surface area is 196 Å². The maximum Gasteiger partial charge on any atom is 0.238 e. The number of sulfonamides is 1. The number of primary sulfonamides is 1. The zero-order valence-corrected chi connectivity index (χ0v) is 20.5. The molecule has 166 valence electrons. The lowest BCUT2D eigenvalue weighted by Gasteiger charge is -2.16. The summed E-state index contributed by atoms with van der Waals surface area (Å²) in [5, 5.41) is 11.7. The summed E-state index contributed by atoms with van der Waals surface area (Å²) in [6, 6.07) is 16.7. The summed E-state index contributed by atoms with van der Waals surface area (Å²) in [7, 11) is -1.92. The van der Waals surface area contributed by atoms with Crippen LogP contribution in [0.3, 0.4) is 0 Å². The van der Waals surface area contributed by atoms with Crippen LogP contribution in [0.4, 0.5) is 0 Å². The Morgan fingerprint density at radius 2 is 1.73 bits per heavy atom. The van der Waals surface area contributed by atoms with E-state index in [0.717, 1.165) is 24.5 Å². The van der Waals surface area contributed by atoms with Crippen molar-refractivity contribution in [3.63, 3.8) is 0 Å². The fraction of sp³-hybridized carbons (Fsp3) is 0.381. The number of hydrogen-bond donors (Lipinski definition) is 3. The SMILES string of the molecule is CN=C(NCCc1ccc(S(N)(=O)=O)cc1)NCC(C)COCc1ccccc1.I. The molecule has 0 aliphatic rings. The molecule has 0 aliphatic carbocycles. The number of benzene rings is 2. The highest BCUT2D eigenvalue weighted by Gasteiger charge is 2.07. The number of guanidine groups is 1. The molecule has 2 rings (SSSR count). The topological polar surface area (TPSA) is 106 Å². The second kappa shape index (κ2) is 13.6. The molecule has 0 spiro atoms. The molecule has 0 heterocycles.